The number of hydrogen-bond donors (Lipinski definition) is 1. The molecule has 13 heavy (non-hydrogen) atoms. The number of hydrogen-bond acceptors (Lipinski definition) is 3. The summed E-state index contributed by atoms with van der Waals surface area (Å²) in [6.45, 7) is 0.964. The Bertz CT molecular complexity index is 292. The molecule has 1 aromatic rings. The molecule has 70 valence electrons. The van der Waals surface area contributed by atoms with E-state index in [4.69, 9.17) is 9.47 Å². The fourth-order valence-corrected chi connectivity index (χ4v) is 1.72. The Morgan fingerprint density at radius 1 is 1.15 bits per heavy atom. The molecule has 1 N–H and O–H groups in total. The standard InChI is InChI=1S/C10H13NO2/c1-12-8-3-4-9(13-2)10-7(8)5-6-11-10/h3-4,11H,5-6H2,1-2H3. The highest BCUT2D eigenvalue weighted by atomic mass is 16.5. The summed E-state index contributed by atoms with van der Waals surface area (Å²) >= 11 is 0. The Morgan fingerprint density at radius 2 is 1.85 bits per heavy atom. The molecule has 0 spiro atoms. The van der Waals surface area contributed by atoms with Crippen LogP contribution in [0.4, 0.5) is 5.69 Å². The van der Waals surface area contributed by atoms with Gasteiger partial charge in [-0.05, 0) is 18.6 Å². The molecule has 3 nitrogen and oxygen atoms in total. The van der Waals surface area contributed by atoms with Crippen LogP contribution < -0.4 is 14.8 Å². The Labute approximate surface area is 77.7 Å². The van der Waals surface area contributed by atoms with E-state index in [0.29, 0.717) is 0 Å². The summed E-state index contributed by atoms with van der Waals surface area (Å²) in [5, 5.41) is 3.29. The molecule has 0 radical (unpaired) electrons. The third kappa shape index (κ3) is 1.20. The first-order valence-electron chi connectivity index (χ1n) is 4.34. The van der Waals surface area contributed by atoms with E-state index in [1.165, 1.54) is 5.56 Å². The second-order valence-electron chi connectivity index (χ2n) is 3.00. The average Bonchev–Trinajstić information content (AvgIpc) is 2.64. The third-order valence-corrected chi connectivity index (χ3v) is 2.35. The van der Waals surface area contributed by atoms with Crippen LogP contribution in [0.15, 0.2) is 12.1 Å². The van der Waals surface area contributed by atoms with Crippen molar-refractivity contribution in [1.29, 1.82) is 0 Å². The predicted octanol–water partition coefficient (Wildman–Crippen LogP) is 1.67. The molecule has 1 heterocycles. The van der Waals surface area contributed by atoms with Gasteiger partial charge in [-0.25, -0.2) is 0 Å². The highest BCUT2D eigenvalue weighted by Crippen LogP contribution is 2.38. The molecule has 0 amide bonds. The van der Waals surface area contributed by atoms with Gasteiger partial charge in [0.25, 0.3) is 0 Å². The van der Waals surface area contributed by atoms with Gasteiger partial charge in [-0.2, -0.15) is 0 Å². The first-order valence-corrected chi connectivity index (χ1v) is 4.34. The summed E-state index contributed by atoms with van der Waals surface area (Å²) in [5.74, 6) is 1.84. The van der Waals surface area contributed by atoms with E-state index in [1.54, 1.807) is 14.2 Å². The zero-order valence-electron chi connectivity index (χ0n) is 7.89. The summed E-state index contributed by atoms with van der Waals surface area (Å²) in [4.78, 5) is 0. The lowest BCUT2D eigenvalue weighted by Gasteiger charge is -2.10. The van der Waals surface area contributed by atoms with Crippen LogP contribution >= 0.6 is 0 Å². The van der Waals surface area contributed by atoms with Gasteiger partial charge in [0, 0.05) is 12.1 Å². The van der Waals surface area contributed by atoms with E-state index in [1.807, 2.05) is 12.1 Å². The van der Waals surface area contributed by atoms with Gasteiger partial charge in [0.1, 0.15) is 11.5 Å². The number of methoxy groups -OCH3 is 2. The SMILES string of the molecule is COc1ccc(OC)c2c1CCN2. The topological polar surface area (TPSA) is 30.5 Å². The first kappa shape index (κ1) is 8.23. The highest BCUT2D eigenvalue weighted by Gasteiger charge is 2.18. The molecule has 0 fully saturated rings. The van der Waals surface area contributed by atoms with Crippen LogP contribution in [0.25, 0.3) is 0 Å². The molecule has 1 aliphatic heterocycles. The van der Waals surface area contributed by atoms with Crippen molar-refractivity contribution in [3.05, 3.63) is 17.7 Å². The molecule has 1 aromatic carbocycles. The molecular formula is C10H13NO2. The van der Waals surface area contributed by atoms with Crippen molar-refractivity contribution in [2.75, 3.05) is 26.1 Å². The summed E-state index contributed by atoms with van der Waals surface area (Å²) in [7, 11) is 3.38. The van der Waals surface area contributed by atoms with Crippen molar-refractivity contribution < 1.29 is 9.47 Å². The molecule has 0 aromatic heterocycles. The minimum absolute atomic E-state index is 0.897. The van der Waals surface area contributed by atoms with Crippen molar-refractivity contribution in [2.24, 2.45) is 0 Å². The molecule has 0 saturated heterocycles. The maximum atomic E-state index is 5.26. The average molecular weight is 179 g/mol. The predicted molar refractivity (Wildman–Crippen MR) is 51.7 cm³/mol. The zero-order valence-corrected chi connectivity index (χ0v) is 7.89. The molecular weight excluding hydrogens is 166 g/mol. The lowest BCUT2D eigenvalue weighted by Crippen LogP contribution is -1.94. The Kier molecular flexibility index (Phi) is 2.00. The van der Waals surface area contributed by atoms with Crippen LogP contribution in [-0.2, 0) is 6.42 Å². The maximum absolute atomic E-state index is 5.26. The van der Waals surface area contributed by atoms with E-state index in [0.717, 1.165) is 30.2 Å². The normalized spacial score (nSPS) is 13.4. The number of benzene rings is 1. The quantitative estimate of drug-likeness (QED) is 0.749. The molecule has 0 saturated carbocycles. The van der Waals surface area contributed by atoms with Crippen molar-refractivity contribution >= 4 is 5.69 Å². The molecule has 0 atom stereocenters. The van der Waals surface area contributed by atoms with E-state index < -0.39 is 0 Å². The number of nitrogens with one attached hydrogen (secondary N) is 1. The minimum Gasteiger partial charge on any atom is -0.496 e. The van der Waals surface area contributed by atoms with Gasteiger partial charge in [0.2, 0.25) is 0 Å². The van der Waals surface area contributed by atoms with Gasteiger partial charge >= 0.3 is 0 Å². The number of ether oxygens (including phenoxy) is 2. The summed E-state index contributed by atoms with van der Waals surface area (Å²) in [5.41, 5.74) is 2.31. The van der Waals surface area contributed by atoms with Gasteiger partial charge in [0.05, 0.1) is 19.9 Å². The zero-order chi connectivity index (χ0) is 9.26. The monoisotopic (exact) mass is 179 g/mol. The largest absolute Gasteiger partial charge is 0.496 e. The van der Waals surface area contributed by atoms with Crippen LogP contribution in [0.5, 0.6) is 11.5 Å². The van der Waals surface area contributed by atoms with Gasteiger partial charge in [-0.3, -0.25) is 0 Å². The van der Waals surface area contributed by atoms with E-state index >= 15 is 0 Å². The van der Waals surface area contributed by atoms with Gasteiger partial charge in [0.15, 0.2) is 0 Å². The van der Waals surface area contributed by atoms with Crippen LogP contribution in [0, 0.1) is 0 Å². The number of anilines is 1. The lowest BCUT2D eigenvalue weighted by atomic mass is 10.1. The van der Waals surface area contributed by atoms with Crippen molar-refractivity contribution in [1.82, 2.24) is 0 Å². The van der Waals surface area contributed by atoms with Crippen LogP contribution in [-0.4, -0.2) is 20.8 Å². The van der Waals surface area contributed by atoms with Crippen LogP contribution in [0.2, 0.25) is 0 Å². The molecule has 0 bridgehead atoms. The fraction of sp³-hybridized carbons (Fsp3) is 0.400. The van der Waals surface area contributed by atoms with Crippen LogP contribution in [0.1, 0.15) is 5.56 Å². The van der Waals surface area contributed by atoms with Crippen molar-refractivity contribution in [3.63, 3.8) is 0 Å². The number of fused-ring (bicyclic) bond motifs is 1. The fourth-order valence-electron chi connectivity index (χ4n) is 1.72. The van der Waals surface area contributed by atoms with Gasteiger partial charge in [-0.1, -0.05) is 0 Å². The minimum atomic E-state index is 0.897. The van der Waals surface area contributed by atoms with Gasteiger partial charge in [-0.15, -0.1) is 0 Å². The van der Waals surface area contributed by atoms with Crippen molar-refractivity contribution in [3.8, 4) is 11.5 Å². The Hall–Kier alpha value is -1.38. The smallest absolute Gasteiger partial charge is 0.142 e. The van der Waals surface area contributed by atoms with Gasteiger partial charge < -0.3 is 14.8 Å². The Balaban J connectivity index is 2.52. The summed E-state index contributed by atoms with van der Waals surface area (Å²) in [6, 6.07) is 3.88. The van der Waals surface area contributed by atoms with E-state index in [2.05, 4.69) is 5.32 Å². The van der Waals surface area contributed by atoms with Crippen LogP contribution in [0.3, 0.4) is 0 Å². The van der Waals surface area contributed by atoms with E-state index in [-0.39, 0.29) is 0 Å². The molecule has 3 heteroatoms. The molecule has 2 rings (SSSR count). The Morgan fingerprint density at radius 3 is 2.54 bits per heavy atom. The second kappa shape index (κ2) is 3.17. The summed E-state index contributed by atoms with van der Waals surface area (Å²) < 4.78 is 10.5. The third-order valence-electron chi connectivity index (χ3n) is 2.35. The lowest BCUT2D eigenvalue weighted by molar-refractivity contribution is 0.402. The second-order valence-corrected chi connectivity index (χ2v) is 3.00. The highest BCUT2D eigenvalue weighted by molar-refractivity contribution is 5.69. The maximum Gasteiger partial charge on any atom is 0.142 e. The molecule has 1 aliphatic rings. The molecule has 0 unspecified atom stereocenters. The number of rotatable bonds is 2. The summed E-state index contributed by atoms with van der Waals surface area (Å²) in [6.07, 6.45) is 1.01. The van der Waals surface area contributed by atoms with E-state index in [9.17, 15) is 0 Å². The first-order chi connectivity index (χ1) is 6.36. The van der Waals surface area contributed by atoms with Crippen molar-refractivity contribution in [2.45, 2.75) is 6.42 Å². The molecule has 0 aliphatic carbocycles.